The van der Waals surface area contributed by atoms with Crippen LogP contribution in [0.1, 0.15) is 37.5 Å². The summed E-state index contributed by atoms with van der Waals surface area (Å²) in [6.07, 6.45) is 0.229. The minimum Gasteiger partial charge on any atom is -0.352 e. The summed E-state index contributed by atoms with van der Waals surface area (Å²) >= 11 is 12.1. The number of benzene rings is 2. The first-order valence-corrected chi connectivity index (χ1v) is 10.0. The molecule has 2 rings (SSSR count). The molecule has 0 fully saturated rings. The smallest absolute Gasteiger partial charge is 0.242 e. The van der Waals surface area contributed by atoms with E-state index in [0.29, 0.717) is 10.0 Å². The summed E-state index contributed by atoms with van der Waals surface area (Å²) in [5.74, 6) is -0.306. The number of rotatable bonds is 7. The van der Waals surface area contributed by atoms with Crippen LogP contribution >= 0.6 is 23.2 Å². The molecule has 0 saturated heterocycles. The molecule has 4 nitrogen and oxygen atoms in total. The zero-order valence-electron chi connectivity index (χ0n) is 16.6. The number of carbonyl (C=O) groups is 2. The average Bonchev–Trinajstić information content (AvgIpc) is 2.63. The van der Waals surface area contributed by atoms with Crippen LogP contribution in [0.15, 0.2) is 42.5 Å². The van der Waals surface area contributed by atoms with E-state index < -0.39 is 6.04 Å². The number of aryl methyl sites for hydroxylation is 1. The van der Waals surface area contributed by atoms with Crippen LogP contribution in [0.25, 0.3) is 0 Å². The second-order valence-corrected chi connectivity index (χ2v) is 8.03. The molecule has 0 aliphatic carbocycles. The van der Waals surface area contributed by atoms with Crippen LogP contribution in [0, 0.1) is 6.92 Å². The zero-order chi connectivity index (χ0) is 20.8. The molecular weight excluding hydrogens is 395 g/mol. The van der Waals surface area contributed by atoms with Crippen molar-refractivity contribution in [1.82, 2.24) is 10.2 Å². The highest BCUT2D eigenvalue weighted by Crippen LogP contribution is 2.24. The van der Waals surface area contributed by atoms with Gasteiger partial charge in [0.1, 0.15) is 6.04 Å². The second-order valence-electron chi connectivity index (χ2n) is 7.21. The van der Waals surface area contributed by atoms with E-state index in [0.717, 1.165) is 16.7 Å². The fourth-order valence-corrected chi connectivity index (χ4v) is 3.22. The first kappa shape index (κ1) is 22.3. The molecule has 2 aromatic rings. The van der Waals surface area contributed by atoms with E-state index in [2.05, 4.69) is 5.32 Å². The maximum atomic E-state index is 13.1. The van der Waals surface area contributed by atoms with Gasteiger partial charge in [-0.1, -0.05) is 53.5 Å². The van der Waals surface area contributed by atoms with Gasteiger partial charge in [0.15, 0.2) is 0 Å². The quantitative estimate of drug-likeness (QED) is 0.699. The number of amides is 2. The molecule has 0 aliphatic rings. The van der Waals surface area contributed by atoms with E-state index in [1.807, 2.05) is 51.1 Å². The number of hydrogen-bond acceptors (Lipinski definition) is 2. The maximum absolute atomic E-state index is 13.1. The fourth-order valence-electron chi connectivity index (χ4n) is 2.90. The molecule has 28 heavy (non-hydrogen) atoms. The molecule has 1 atom stereocenters. The van der Waals surface area contributed by atoms with Gasteiger partial charge in [-0.3, -0.25) is 9.59 Å². The molecule has 0 spiro atoms. The molecule has 0 heterocycles. The molecule has 0 aromatic heterocycles. The lowest BCUT2D eigenvalue weighted by Crippen LogP contribution is -2.49. The van der Waals surface area contributed by atoms with Gasteiger partial charge in [-0.05, 0) is 56.5 Å². The summed E-state index contributed by atoms with van der Waals surface area (Å²) in [7, 11) is 0. The summed E-state index contributed by atoms with van der Waals surface area (Å²) < 4.78 is 0. The lowest BCUT2D eigenvalue weighted by molar-refractivity contribution is -0.140. The van der Waals surface area contributed by atoms with Crippen molar-refractivity contribution in [2.45, 2.75) is 52.7 Å². The largest absolute Gasteiger partial charge is 0.352 e. The van der Waals surface area contributed by atoms with E-state index in [1.165, 1.54) is 0 Å². The molecule has 1 N–H and O–H groups in total. The van der Waals surface area contributed by atoms with E-state index in [9.17, 15) is 9.59 Å². The first-order chi connectivity index (χ1) is 13.2. The van der Waals surface area contributed by atoms with Gasteiger partial charge in [0.05, 0.1) is 16.5 Å². The number of nitrogens with one attached hydrogen (secondary N) is 1. The van der Waals surface area contributed by atoms with Gasteiger partial charge in [-0.2, -0.15) is 0 Å². The highest BCUT2D eigenvalue weighted by Gasteiger charge is 2.27. The van der Waals surface area contributed by atoms with Crippen LogP contribution in [0.4, 0.5) is 0 Å². The normalized spacial score (nSPS) is 12.0. The van der Waals surface area contributed by atoms with Crippen LogP contribution in [0.5, 0.6) is 0 Å². The number of hydrogen-bond donors (Lipinski definition) is 1. The van der Waals surface area contributed by atoms with Gasteiger partial charge in [-0.25, -0.2) is 0 Å². The summed E-state index contributed by atoms with van der Waals surface area (Å²) in [5, 5.41) is 3.75. The third kappa shape index (κ3) is 5.98. The van der Waals surface area contributed by atoms with E-state index in [-0.39, 0.29) is 30.8 Å². The third-order valence-corrected chi connectivity index (χ3v) is 5.28. The van der Waals surface area contributed by atoms with Crippen LogP contribution < -0.4 is 5.32 Å². The molecule has 2 amide bonds. The fraction of sp³-hybridized carbons (Fsp3) is 0.364. The number of nitrogens with zero attached hydrogens (tertiary/aromatic N) is 1. The molecule has 0 radical (unpaired) electrons. The summed E-state index contributed by atoms with van der Waals surface area (Å²) in [6.45, 7) is 7.77. The van der Waals surface area contributed by atoms with Gasteiger partial charge in [0.25, 0.3) is 0 Å². The van der Waals surface area contributed by atoms with Crippen molar-refractivity contribution in [2.24, 2.45) is 0 Å². The molecule has 0 saturated carbocycles. The van der Waals surface area contributed by atoms with E-state index >= 15 is 0 Å². The minimum absolute atomic E-state index is 0.00625. The lowest BCUT2D eigenvalue weighted by Gasteiger charge is -2.29. The van der Waals surface area contributed by atoms with Crippen LogP contribution in [-0.2, 0) is 22.6 Å². The molecule has 2 aromatic carbocycles. The average molecular weight is 421 g/mol. The van der Waals surface area contributed by atoms with Gasteiger partial charge in [0.2, 0.25) is 11.8 Å². The minimum atomic E-state index is -0.617. The van der Waals surface area contributed by atoms with Crippen molar-refractivity contribution < 1.29 is 9.59 Å². The molecule has 6 heteroatoms. The zero-order valence-corrected chi connectivity index (χ0v) is 18.1. The summed E-state index contributed by atoms with van der Waals surface area (Å²) in [6, 6.07) is 12.4. The monoisotopic (exact) mass is 420 g/mol. The van der Waals surface area contributed by atoms with Gasteiger partial charge in [-0.15, -0.1) is 0 Å². The van der Waals surface area contributed by atoms with Crippen molar-refractivity contribution in [3.05, 3.63) is 69.2 Å². The Hall–Kier alpha value is -2.04. The Morgan fingerprint density at radius 3 is 2.32 bits per heavy atom. The topological polar surface area (TPSA) is 49.4 Å². The van der Waals surface area contributed by atoms with E-state index in [1.54, 1.807) is 24.0 Å². The van der Waals surface area contributed by atoms with Crippen molar-refractivity contribution in [2.75, 3.05) is 0 Å². The molecular formula is C22H26Cl2N2O2. The molecule has 0 aliphatic heterocycles. The van der Waals surface area contributed by atoms with Crippen molar-refractivity contribution >= 4 is 35.0 Å². The van der Waals surface area contributed by atoms with Gasteiger partial charge in [0, 0.05) is 12.6 Å². The Labute approximate surface area is 176 Å². The Kier molecular flexibility index (Phi) is 7.90. The van der Waals surface area contributed by atoms with Crippen molar-refractivity contribution in [3.63, 3.8) is 0 Å². The summed E-state index contributed by atoms with van der Waals surface area (Å²) in [5.41, 5.74) is 2.81. The maximum Gasteiger partial charge on any atom is 0.242 e. The number of carbonyl (C=O) groups excluding carboxylic acids is 2. The highest BCUT2D eigenvalue weighted by molar-refractivity contribution is 6.42. The Bertz CT molecular complexity index is 852. The second kappa shape index (κ2) is 9.94. The Morgan fingerprint density at radius 2 is 1.71 bits per heavy atom. The standard InChI is InChI=1S/C22H26Cl2N2O2/c1-14(2)25-22(28)16(4)26(13-17-9-10-19(23)20(24)11-17)21(27)12-18-8-6-5-7-15(18)3/h5-11,14,16H,12-13H2,1-4H3,(H,25,28). The predicted molar refractivity (Wildman–Crippen MR) is 115 cm³/mol. The highest BCUT2D eigenvalue weighted by atomic mass is 35.5. The van der Waals surface area contributed by atoms with Crippen LogP contribution in [-0.4, -0.2) is 28.8 Å². The van der Waals surface area contributed by atoms with E-state index in [4.69, 9.17) is 23.2 Å². The summed E-state index contributed by atoms with van der Waals surface area (Å²) in [4.78, 5) is 27.3. The van der Waals surface area contributed by atoms with Crippen molar-refractivity contribution in [3.8, 4) is 0 Å². The first-order valence-electron chi connectivity index (χ1n) is 9.27. The lowest BCUT2D eigenvalue weighted by atomic mass is 10.0. The predicted octanol–water partition coefficient (Wildman–Crippen LogP) is 4.79. The third-order valence-electron chi connectivity index (χ3n) is 4.54. The number of halogens is 2. The SMILES string of the molecule is Cc1ccccc1CC(=O)N(Cc1ccc(Cl)c(Cl)c1)C(C)C(=O)NC(C)C. The molecule has 150 valence electrons. The van der Waals surface area contributed by atoms with Crippen LogP contribution in [0.3, 0.4) is 0 Å². The van der Waals surface area contributed by atoms with Gasteiger partial charge < -0.3 is 10.2 Å². The van der Waals surface area contributed by atoms with Crippen molar-refractivity contribution in [1.29, 1.82) is 0 Å². The Morgan fingerprint density at radius 1 is 1.04 bits per heavy atom. The molecule has 1 unspecified atom stereocenters. The Balaban J connectivity index is 2.28. The molecule has 0 bridgehead atoms. The van der Waals surface area contributed by atoms with Gasteiger partial charge >= 0.3 is 0 Å². The van der Waals surface area contributed by atoms with Crippen LogP contribution in [0.2, 0.25) is 10.0 Å².